The van der Waals surface area contributed by atoms with Gasteiger partial charge in [0.05, 0.1) is 37.8 Å². The van der Waals surface area contributed by atoms with Crippen molar-refractivity contribution in [3.63, 3.8) is 0 Å². The Bertz CT molecular complexity index is 619. The molecule has 4 nitrogen and oxygen atoms in total. The molecule has 2 unspecified atom stereocenters. The predicted octanol–water partition coefficient (Wildman–Crippen LogP) is 12.7. The first-order valence-electron chi connectivity index (χ1n) is 17.3. The van der Waals surface area contributed by atoms with Gasteiger partial charge in [-0.25, -0.2) is 0 Å². The van der Waals surface area contributed by atoms with E-state index < -0.39 is 11.4 Å². The largest absolute Gasteiger partial charge is 2.00 e. The Hall–Kier alpha value is 2.46. The molecule has 0 saturated heterocycles. The molecule has 0 spiro atoms. The van der Waals surface area contributed by atoms with E-state index in [0.29, 0.717) is 38.3 Å². The second kappa shape index (κ2) is 35.8. The molecule has 0 saturated carbocycles. The zero-order valence-corrected chi connectivity index (χ0v) is 37.0. The van der Waals surface area contributed by atoms with Crippen LogP contribution in [-0.2, 0) is 85.7 Å². The van der Waals surface area contributed by atoms with E-state index in [2.05, 4.69) is 41.5 Å². The predicted molar refractivity (Wildman–Crippen MR) is 200 cm³/mol. The van der Waals surface area contributed by atoms with E-state index in [1.54, 1.807) is 0 Å². The van der Waals surface area contributed by atoms with E-state index in [4.69, 9.17) is 66.2 Å². The van der Waals surface area contributed by atoms with Crippen LogP contribution in [0.3, 0.4) is 0 Å². The molecule has 0 aliphatic carbocycles. The number of hydrogen-bond acceptors (Lipinski definition) is 8. The maximum absolute atomic E-state index is 5.80. The number of unbranched alkanes of at least 4 members (excludes halogenated alkanes) is 12. The van der Waals surface area contributed by atoms with Gasteiger partial charge in [0.1, 0.15) is 0 Å². The van der Waals surface area contributed by atoms with Crippen LogP contribution < -0.4 is 0 Å². The Morgan fingerprint density at radius 1 is 0.465 bits per heavy atom. The molecular formula is C32H68O4P2S4Zn. The molecule has 0 aromatic carbocycles. The quantitative estimate of drug-likeness (QED) is 0.0309. The second-order valence-corrected chi connectivity index (χ2v) is 21.5. The average molecular weight is 772 g/mol. The van der Waals surface area contributed by atoms with Gasteiger partial charge in [0.25, 0.3) is 0 Å². The Morgan fingerprint density at radius 3 is 1.09 bits per heavy atom. The summed E-state index contributed by atoms with van der Waals surface area (Å²) >= 11 is 21.3. The van der Waals surface area contributed by atoms with Gasteiger partial charge in [0, 0.05) is 0 Å². The Kier molecular flexibility index (Phi) is 41.5. The van der Waals surface area contributed by atoms with Crippen molar-refractivity contribution in [2.24, 2.45) is 11.8 Å². The summed E-state index contributed by atoms with van der Waals surface area (Å²) in [5.41, 5.74) is -4.87. The number of rotatable bonds is 30. The van der Waals surface area contributed by atoms with Gasteiger partial charge >= 0.3 is 19.5 Å². The van der Waals surface area contributed by atoms with Crippen molar-refractivity contribution < 1.29 is 37.6 Å². The zero-order chi connectivity index (χ0) is 32.0. The van der Waals surface area contributed by atoms with Crippen LogP contribution in [0.5, 0.6) is 0 Å². The fourth-order valence-electron chi connectivity index (χ4n) is 4.38. The molecule has 0 rings (SSSR count). The van der Waals surface area contributed by atoms with Crippen LogP contribution in [-0.4, -0.2) is 26.4 Å². The summed E-state index contributed by atoms with van der Waals surface area (Å²) < 4.78 is 22.8. The van der Waals surface area contributed by atoms with E-state index in [-0.39, 0.29) is 19.5 Å². The third-order valence-electron chi connectivity index (χ3n) is 7.52. The molecule has 0 aliphatic heterocycles. The molecule has 43 heavy (non-hydrogen) atoms. The fourth-order valence-corrected chi connectivity index (χ4v) is 7.65. The van der Waals surface area contributed by atoms with Crippen molar-refractivity contribution in [3.05, 3.63) is 0 Å². The van der Waals surface area contributed by atoms with Crippen LogP contribution in [0.4, 0.5) is 0 Å². The summed E-state index contributed by atoms with van der Waals surface area (Å²) in [5.74, 6) is 1.14. The maximum Gasteiger partial charge on any atom is 2.00 e. The third kappa shape index (κ3) is 37.1. The van der Waals surface area contributed by atoms with E-state index in [1.807, 2.05) is 0 Å². The summed E-state index contributed by atoms with van der Waals surface area (Å²) in [5, 5.41) is 0. The topological polar surface area (TPSA) is 36.9 Å². The van der Waals surface area contributed by atoms with Crippen LogP contribution >= 0.6 is 11.4 Å². The van der Waals surface area contributed by atoms with Crippen LogP contribution in [0.25, 0.3) is 0 Å². The molecule has 0 N–H and O–H groups in total. The maximum atomic E-state index is 5.80. The molecule has 0 radical (unpaired) electrons. The van der Waals surface area contributed by atoms with E-state index in [0.717, 1.165) is 25.7 Å². The van der Waals surface area contributed by atoms with Crippen LogP contribution in [0.2, 0.25) is 0 Å². The molecule has 0 bridgehead atoms. The molecule has 0 aliphatic rings. The Labute approximate surface area is 303 Å². The fraction of sp³-hybridized carbons (Fsp3) is 1.00. The van der Waals surface area contributed by atoms with Gasteiger partial charge in [0.15, 0.2) is 0 Å². The number of hydrogen-bond donors (Lipinski definition) is 0. The minimum atomic E-state index is -2.47. The molecule has 11 heteroatoms. The van der Waals surface area contributed by atoms with Crippen molar-refractivity contribution in [3.8, 4) is 0 Å². The molecular weight excluding hydrogens is 704 g/mol. The van der Waals surface area contributed by atoms with Crippen LogP contribution in [0.15, 0.2) is 0 Å². The zero-order valence-electron chi connectivity index (χ0n) is 29.0. The smallest absolute Gasteiger partial charge is 0.691 e. The van der Waals surface area contributed by atoms with Gasteiger partial charge in [-0.3, -0.25) is 0 Å². The van der Waals surface area contributed by atoms with Gasteiger partial charge in [-0.1, -0.05) is 168 Å². The monoisotopic (exact) mass is 770 g/mol. The van der Waals surface area contributed by atoms with Gasteiger partial charge in [-0.2, -0.15) is 0 Å². The van der Waals surface area contributed by atoms with Gasteiger partial charge < -0.3 is 42.6 Å². The first kappa shape index (κ1) is 49.8. The summed E-state index contributed by atoms with van der Waals surface area (Å²) in [6.45, 7) is 16.0. The van der Waals surface area contributed by atoms with Crippen molar-refractivity contribution in [1.82, 2.24) is 0 Å². The van der Waals surface area contributed by atoms with Crippen molar-refractivity contribution in [2.45, 2.75) is 170 Å². The standard InChI is InChI=1S/2C16H35O2PS2.Zn/c1-5-9-11-15(7-3)13-17-19(20,21)18-14-16(8-4)12-10-6-2;1-3-5-7-9-11-13-15-17-19(20,21)18-16-14-12-10-8-6-4-2;/h15-16H,5-14H2,1-4H3,(H,20,21);3-16H2,1-2H3,(H,20,21);/q;;+2/p-2. The van der Waals surface area contributed by atoms with Gasteiger partial charge in [-0.15, -0.1) is 0 Å². The van der Waals surface area contributed by atoms with Crippen molar-refractivity contribution in [2.75, 3.05) is 26.4 Å². The summed E-state index contributed by atoms with van der Waals surface area (Å²) in [4.78, 5) is 0. The van der Waals surface area contributed by atoms with E-state index in [1.165, 1.54) is 103 Å². The van der Waals surface area contributed by atoms with Crippen LogP contribution in [0.1, 0.15) is 170 Å². The first-order valence-corrected chi connectivity index (χ1v) is 24.6. The van der Waals surface area contributed by atoms with Crippen LogP contribution in [0, 0.1) is 11.8 Å². The summed E-state index contributed by atoms with van der Waals surface area (Å²) in [6.07, 6.45) is 24.6. The molecule has 2 atom stereocenters. The molecule has 0 aromatic heterocycles. The molecule has 0 heterocycles. The van der Waals surface area contributed by atoms with Crippen molar-refractivity contribution >= 4 is 59.5 Å². The molecule has 0 amide bonds. The second-order valence-electron chi connectivity index (χ2n) is 11.5. The normalized spacial score (nSPS) is 14.3. The molecule has 256 valence electrons. The molecule has 0 fully saturated rings. The van der Waals surface area contributed by atoms with Crippen molar-refractivity contribution in [1.29, 1.82) is 0 Å². The summed E-state index contributed by atoms with van der Waals surface area (Å²) in [6, 6.07) is 0. The Balaban J connectivity index is -0.000000727. The SMILES string of the molecule is CCCCC(CC)COP(=S)([S-])OCC(CC)CCCC.CCCCCCCCOP(=S)([S-])OCCCCCCCC.[Zn+2]. The third-order valence-corrected chi connectivity index (χ3v) is 12.0. The molecule has 0 aromatic rings. The minimum Gasteiger partial charge on any atom is -0.691 e. The minimum absolute atomic E-state index is 0. The first-order chi connectivity index (χ1) is 20.1. The van der Waals surface area contributed by atoms with E-state index in [9.17, 15) is 0 Å². The summed E-state index contributed by atoms with van der Waals surface area (Å²) in [7, 11) is 0. The van der Waals surface area contributed by atoms with Gasteiger partial charge in [0.2, 0.25) is 0 Å². The van der Waals surface area contributed by atoms with E-state index >= 15 is 0 Å². The van der Waals surface area contributed by atoms with Gasteiger partial charge in [-0.05, 0) is 37.5 Å². The Morgan fingerprint density at radius 2 is 0.767 bits per heavy atom. The average Bonchev–Trinajstić information content (AvgIpc) is 2.96.